The molecule has 0 aliphatic heterocycles. The Labute approximate surface area is 120 Å². The summed E-state index contributed by atoms with van der Waals surface area (Å²) in [6.45, 7) is 4.32. The predicted molar refractivity (Wildman–Crippen MR) is 79.5 cm³/mol. The Balaban J connectivity index is 1.55. The lowest BCUT2D eigenvalue weighted by molar-refractivity contribution is 0.266. The second kappa shape index (κ2) is 5.37. The molecule has 1 saturated carbocycles. The standard InChI is InChI=1S/C16H22N4/c1-11-5-4-6-13(7-11)14-8-15(9-14)18-12(2)16-19-17-10-20(16)3/h4-7,10,12,14-15,18H,8-9H2,1-3H3. The van der Waals surface area contributed by atoms with Gasteiger partial charge < -0.3 is 9.88 Å². The van der Waals surface area contributed by atoms with Gasteiger partial charge in [0.15, 0.2) is 0 Å². The molecule has 1 aromatic carbocycles. The SMILES string of the molecule is Cc1cccc(C2CC(NC(C)c3nncn3C)C2)c1. The van der Waals surface area contributed by atoms with Gasteiger partial charge in [-0.05, 0) is 38.2 Å². The summed E-state index contributed by atoms with van der Waals surface area (Å²) in [7, 11) is 1.99. The van der Waals surface area contributed by atoms with Crippen molar-refractivity contribution in [2.24, 2.45) is 7.05 Å². The summed E-state index contributed by atoms with van der Waals surface area (Å²) in [4.78, 5) is 0. The molecule has 3 rings (SSSR count). The summed E-state index contributed by atoms with van der Waals surface area (Å²) in [5, 5.41) is 11.8. The van der Waals surface area contributed by atoms with Crippen LogP contribution in [0.5, 0.6) is 0 Å². The molecular weight excluding hydrogens is 248 g/mol. The van der Waals surface area contributed by atoms with Crippen molar-refractivity contribution in [3.63, 3.8) is 0 Å². The summed E-state index contributed by atoms with van der Waals surface area (Å²) in [5.41, 5.74) is 2.83. The van der Waals surface area contributed by atoms with Crippen molar-refractivity contribution >= 4 is 0 Å². The summed E-state index contributed by atoms with van der Waals surface area (Å²) in [5.74, 6) is 1.71. The molecule has 1 fully saturated rings. The van der Waals surface area contributed by atoms with Crippen LogP contribution in [0.2, 0.25) is 0 Å². The molecule has 0 spiro atoms. The molecular formula is C16H22N4. The van der Waals surface area contributed by atoms with Crippen LogP contribution in [0.1, 0.15) is 48.7 Å². The van der Waals surface area contributed by atoms with Gasteiger partial charge in [0.25, 0.3) is 0 Å². The Morgan fingerprint density at radius 3 is 2.80 bits per heavy atom. The molecule has 1 unspecified atom stereocenters. The van der Waals surface area contributed by atoms with Crippen LogP contribution < -0.4 is 5.32 Å². The average Bonchev–Trinajstić information content (AvgIpc) is 2.79. The first-order valence-corrected chi connectivity index (χ1v) is 7.30. The van der Waals surface area contributed by atoms with Crippen LogP contribution >= 0.6 is 0 Å². The van der Waals surface area contributed by atoms with Crippen molar-refractivity contribution in [2.45, 2.75) is 44.7 Å². The van der Waals surface area contributed by atoms with Gasteiger partial charge >= 0.3 is 0 Å². The van der Waals surface area contributed by atoms with E-state index in [9.17, 15) is 0 Å². The van der Waals surface area contributed by atoms with Crippen molar-refractivity contribution in [1.82, 2.24) is 20.1 Å². The van der Waals surface area contributed by atoms with Crippen LogP contribution in [0, 0.1) is 6.92 Å². The molecule has 4 nitrogen and oxygen atoms in total. The smallest absolute Gasteiger partial charge is 0.149 e. The van der Waals surface area contributed by atoms with E-state index in [-0.39, 0.29) is 6.04 Å². The minimum Gasteiger partial charge on any atom is -0.319 e. The summed E-state index contributed by atoms with van der Waals surface area (Å²) < 4.78 is 1.98. The van der Waals surface area contributed by atoms with Crippen molar-refractivity contribution < 1.29 is 0 Å². The molecule has 1 aliphatic carbocycles. The third-order valence-electron chi connectivity index (χ3n) is 4.27. The molecule has 0 amide bonds. The topological polar surface area (TPSA) is 42.7 Å². The summed E-state index contributed by atoms with van der Waals surface area (Å²) in [6.07, 6.45) is 4.18. The highest BCUT2D eigenvalue weighted by atomic mass is 15.3. The molecule has 1 aromatic heterocycles. The second-order valence-electron chi connectivity index (χ2n) is 5.97. The number of nitrogens with one attached hydrogen (secondary N) is 1. The monoisotopic (exact) mass is 270 g/mol. The van der Waals surface area contributed by atoms with Gasteiger partial charge in [-0.3, -0.25) is 0 Å². The van der Waals surface area contributed by atoms with Gasteiger partial charge in [-0.2, -0.15) is 0 Å². The first kappa shape index (κ1) is 13.3. The molecule has 1 N–H and O–H groups in total. The van der Waals surface area contributed by atoms with E-state index >= 15 is 0 Å². The molecule has 0 bridgehead atoms. The molecule has 106 valence electrons. The molecule has 1 atom stereocenters. The highest BCUT2D eigenvalue weighted by Gasteiger charge is 2.31. The number of aryl methyl sites for hydroxylation is 2. The summed E-state index contributed by atoms with van der Waals surface area (Å²) in [6, 6.07) is 9.73. The van der Waals surface area contributed by atoms with Gasteiger partial charge in [0.2, 0.25) is 0 Å². The van der Waals surface area contributed by atoms with Crippen LogP contribution in [-0.4, -0.2) is 20.8 Å². The Kier molecular flexibility index (Phi) is 3.57. The van der Waals surface area contributed by atoms with Gasteiger partial charge in [-0.1, -0.05) is 29.8 Å². The van der Waals surface area contributed by atoms with Crippen molar-refractivity contribution in [1.29, 1.82) is 0 Å². The molecule has 20 heavy (non-hydrogen) atoms. The highest BCUT2D eigenvalue weighted by Crippen LogP contribution is 2.37. The second-order valence-corrected chi connectivity index (χ2v) is 5.97. The Hall–Kier alpha value is -1.68. The van der Waals surface area contributed by atoms with E-state index in [1.165, 1.54) is 24.0 Å². The molecule has 1 aliphatic rings. The number of benzene rings is 1. The Morgan fingerprint density at radius 2 is 2.15 bits per heavy atom. The van der Waals surface area contributed by atoms with Gasteiger partial charge in [0.05, 0.1) is 6.04 Å². The normalized spacial score (nSPS) is 23.4. The first-order valence-electron chi connectivity index (χ1n) is 7.30. The molecule has 0 radical (unpaired) electrons. The van der Waals surface area contributed by atoms with Crippen LogP contribution in [0.25, 0.3) is 0 Å². The minimum absolute atomic E-state index is 0.256. The molecule has 2 aromatic rings. The summed E-state index contributed by atoms with van der Waals surface area (Å²) >= 11 is 0. The quantitative estimate of drug-likeness (QED) is 0.929. The molecule has 0 saturated heterocycles. The Bertz CT molecular complexity index is 584. The number of hydrogen-bond donors (Lipinski definition) is 1. The van der Waals surface area contributed by atoms with Gasteiger partial charge in [-0.15, -0.1) is 10.2 Å². The largest absolute Gasteiger partial charge is 0.319 e. The van der Waals surface area contributed by atoms with Gasteiger partial charge in [0, 0.05) is 13.1 Å². The van der Waals surface area contributed by atoms with Gasteiger partial charge in [0.1, 0.15) is 12.2 Å². The van der Waals surface area contributed by atoms with E-state index in [1.54, 1.807) is 6.33 Å². The zero-order valence-corrected chi connectivity index (χ0v) is 12.4. The lowest BCUT2D eigenvalue weighted by Gasteiger charge is -2.38. The Morgan fingerprint density at radius 1 is 1.35 bits per heavy atom. The number of nitrogens with zero attached hydrogens (tertiary/aromatic N) is 3. The fourth-order valence-electron chi connectivity index (χ4n) is 3.06. The third-order valence-corrected chi connectivity index (χ3v) is 4.27. The predicted octanol–water partition coefficient (Wildman–Crippen LogP) is 2.72. The minimum atomic E-state index is 0.256. The van der Waals surface area contributed by atoms with Crippen LogP contribution in [0.4, 0.5) is 0 Å². The van der Waals surface area contributed by atoms with E-state index in [4.69, 9.17) is 0 Å². The highest BCUT2D eigenvalue weighted by molar-refractivity contribution is 5.27. The van der Waals surface area contributed by atoms with E-state index < -0.39 is 0 Å². The first-order chi connectivity index (χ1) is 9.63. The van der Waals surface area contributed by atoms with E-state index in [0.29, 0.717) is 12.0 Å². The zero-order chi connectivity index (χ0) is 14.1. The maximum atomic E-state index is 4.17. The van der Waals surface area contributed by atoms with Crippen molar-refractivity contribution in [2.75, 3.05) is 0 Å². The fourth-order valence-corrected chi connectivity index (χ4v) is 3.06. The average molecular weight is 270 g/mol. The fraction of sp³-hybridized carbons (Fsp3) is 0.500. The van der Waals surface area contributed by atoms with Crippen molar-refractivity contribution in [3.05, 3.63) is 47.5 Å². The third kappa shape index (κ3) is 2.61. The van der Waals surface area contributed by atoms with Crippen LogP contribution in [0.15, 0.2) is 30.6 Å². The molecule has 1 heterocycles. The number of hydrogen-bond acceptors (Lipinski definition) is 3. The molecule has 4 heteroatoms. The van der Waals surface area contributed by atoms with Crippen LogP contribution in [-0.2, 0) is 7.05 Å². The maximum Gasteiger partial charge on any atom is 0.149 e. The van der Waals surface area contributed by atoms with Crippen molar-refractivity contribution in [3.8, 4) is 0 Å². The van der Waals surface area contributed by atoms with E-state index in [0.717, 1.165) is 5.82 Å². The van der Waals surface area contributed by atoms with Crippen LogP contribution in [0.3, 0.4) is 0 Å². The van der Waals surface area contributed by atoms with Gasteiger partial charge in [-0.25, -0.2) is 0 Å². The maximum absolute atomic E-state index is 4.17. The van der Waals surface area contributed by atoms with E-state index in [2.05, 4.69) is 53.6 Å². The lowest BCUT2D eigenvalue weighted by Crippen LogP contribution is -2.41. The number of rotatable bonds is 4. The number of aromatic nitrogens is 3. The lowest BCUT2D eigenvalue weighted by atomic mass is 9.75. The van der Waals surface area contributed by atoms with E-state index in [1.807, 2.05) is 11.6 Å². The zero-order valence-electron chi connectivity index (χ0n) is 12.4.